The van der Waals surface area contributed by atoms with Gasteiger partial charge in [-0.2, -0.15) is 0 Å². The average Bonchev–Trinajstić information content (AvgIpc) is 1.56. The van der Waals surface area contributed by atoms with Crippen molar-refractivity contribution >= 4 is 29.0 Å². The van der Waals surface area contributed by atoms with E-state index in [-0.39, 0.29) is 12.4 Å². The summed E-state index contributed by atoms with van der Waals surface area (Å²) in [5.74, 6) is 0. The topological polar surface area (TPSA) is 21.3 Å². The predicted octanol–water partition coefficient (Wildman–Crippen LogP) is 1.52. The summed E-state index contributed by atoms with van der Waals surface area (Å²) in [5.41, 5.74) is 0. The highest BCUT2D eigenvalue weighted by atomic mass is 35.5. The Hall–Kier alpha value is 0.644. The molecule has 0 spiro atoms. The summed E-state index contributed by atoms with van der Waals surface area (Å²) < 4.78 is 6.08. The largest absolute Gasteiger partial charge is 0.454 e. The van der Waals surface area contributed by atoms with E-state index in [1.165, 1.54) is 0 Å². The molecule has 1 heterocycles. The lowest BCUT2D eigenvalue weighted by Crippen LogP contribution is -2.61. The first-order valence-corrected chi connectivity index (χ1v) is 10.1. The summed E-state index contributed by atoms with van der Waals surface area (Å²) in [6, 6.07) is 0. The lowest BCUT2D eigenvalue weighted by molar-refractivity contribution is 0.499. The highest BCUT2D eigenvalue weighted by Gasteiger charge is 2.36. The quantitative estimate of drug-likeness (QED) is 0.614. The maximum atomic E-state index is 6.08. The SMILES string of the molecule is C[Si]1(C)CNC[Si](C)(C)O1.Cl. The minimum atomic E-state index is -1.28. The van der Waals surface area contributed by atoms with Gasteiger partial charge in [0, 0.05) is 12.3 Å². The summed E-state index contributed by atoms with van der Waals surface area (Å²) in [6.45, 7) is 9.14. The molecule has 2 nitrogen and oxygen atoms in total. The molecule has 5 heteroatoms. The van der Waals surface area contributed by atoms with Crippen molar-refractivity contribution in [1.29, 1.82) is 0 Å². The molecule has 1 aliphatic rings. The van der Waals surface area contributed by atoms with Crippen LogP contribution in [0.5, 0.6) is 0 Å². The van der Waals surface area contributed by atoms with Gasteiger partial charge < -0.3 is 9.43 Å². The third kappa shape index (κ3) is 3.71. The van der Waals surface area contributed by atoms with Crippen LogP contribution in [-0.2, 0) is 4.12 Å². The average molecular weight is 212 g/mol. The summed E-state index contributed by atoms with van der Waals surface area (Å²) in [6.07, 6.45) is 2.26. The molecule has 1 saturated heterocycles. The zero-order valence-electron chi connectivity index (χ0n) is 7.73. The molecule has 0 unspecified atom stereocenters. The Kier molecular flexibility index (Phi) is 3.78. The fraction of sp³-hybridized carbons (Fsp3) is 1.00. The normalized spacial score (nSPS) is 27.3. The highest BCUT2D eigenvalue weighted by Crippen LogP contribution is 2.16. The van der Waals surface area contributed by atoms with E-state index < -0.39 is 16.6 Å². The molecular formula is C6H18ClNOSi2. The fourth-order valence-electron chi connectivity index (χ4n) is 1.48. The molecule has 0 saturated carbocycles. The van der Waals surface area contributed by atoms with Crippen molar-refractivity contribution in [3.8, 4) is 0 Å². The molecule has 0 radical (unpaired) electrons. The molecular weight excluding hydrogens is 194 g/mol. The Balaban J connectivity index is 0.000001000. The second-order valence-corrected chi connectivity index (χ2v) is 12.8. The maximum Gasteiger partial charge on any atom is 0.187 e. The van der Waals surface area contributed by atoms with Crippen LogP contribution >= 0.6 is 12.4 Å². The fourth-order valence-corrected chi connectivity index (χ4v) is 9.75. The number of rotatable bonds is 0. The van der Waals surface area contributed by atoms with Gasteiger partial charge in [-0.25, -0.2) is 0 Å². The molecule has 0 aliphatic carbocycles. The van der Waals surface area contributed by atoms with Gasteiger partial charge in [-0.15, -0.1) is 12.4 Å². The first kappa shape index (κ1) is 11.6. The third-order valence-corrected chi connectivity index (χ3v) is 8.28. The van der Waals surface area contributed by atoms with Gasteiger partial charge in [0.05, 0.1) is 0 Å². The van der Waals surface area contributed by atoms with Crippen LogP contribution in [0.2, 0.25) is 26.2 Å². The van der Waals surface area contributed by atoms with Crippen molar-refractivity contribution in [3.05, 3.63) is 0 Å². The summed E-state index contributed by atoms with van der Waals surface area (Å²) in [4.78, 5) is 0. The molecule has 0 aromatic rings. The second-order valence-electron chi connectivity index (χ2n) is 4.23. The Morgan fingerprint density at radius 1 is 1.00 bits per heavy atom. The van der Waals surface area contributed by atoms with Crippen molar-refractivity contribution in [2.24, 2.45) is 0 Å². The summed E-state index contributed by atoms with van der Waals surface area (Å²) >= 11 is 0. The predicted molar refractivity (Wildman–Crippen MR) is 56.2 cm³/mol. The van der Waals surface area contributed by atoms with Crippen LogP contribution < -0.4 is 5.32 Å². The summed E-state index contributed by atoms with van der Waals surface area (Å²) in [7, 11) is -2.55. The molecule has 0 amide bonds. The molecule has 11 heavy (non-hydrogen) atoms. The van der Waals surface area contributed by atoms with Gasteiger partial charge in [0.2, 0.25) is 0 Å². The van der Waals surface area contributed by atoms with Crippen LogP contribution in [0, 0.1) is 0 Å². The van der Waals surface area contributed by atoms with Crippen molar-refractivity contribution in [2.75, 3.05) is 12.3 Å². The minimum absolute atomic E-state index is 0. The molecule has 68 valence electrons. The lowest BCUT2D eigenvalue weighted by atomic mass is 11.2. The number of halogens is 1. The minimum Gasteiger partial charge on any atom is -0.454 e. The van der Waals surface area contributed by atoms with Crippen LogP contribution in [0.3, 0.4) is 0 Å². The van der Waals surface area contributed by atoms with Crippen LogP contribution in [0.1, 0.15) is 0 Å². The highest BCUT2D eigenvalue weighted by molar-refractivity contribution is 6.86. The van der Waals surface area contributed by atoms with Gasteiger partial charge in [0.25, 0.3) is 0 Å². The smallest absolute Gasteiger partial charge is 0.187 e. The van der Waals surface area contributed by atoms with Crippen molar-refractivity contribution in [1.82, 2.24) is 5.32 Å². The van der Waals surface area contributed by atoms with E-state index in [1.807, 2.05) is 0 Å². The van der Waals surface area contributed by atoms with Gasteiger partial charge in [0.15, 0.2) is 16.6 Å². The monoisotopic (exact) mass is 211 g/mol. The van der Waals surface area contributed by atoms with Crippen LogP contribution in [0.15, 0.2) is 0 Å². The van der Waals surface area contributed by atoms with Crippen LogP contribution in [0.25, 0.3) is 0 Å². The lowest BCUT2D eigenvalue weighted by Gasteiger charge is -2.39. The van der Waals surface area contributed by atoms with Gasteiger partial charge in [0.1, 0.15) is 0 Å². The Labute approximate surface area is 77.4 Å². The first-order chi connectivity index (χ1) is 4.41. The zero-order chi connectivity index (χ0) is 7.83. The molecule has 1 fully saturated rings. The Morgan fingerprint density at radius 3 is 1.55 bits per heavy atom. The zero-order valence-corrected chi connectivity index (χ0v) is 10.5. The van der Waals surface area contributed by atoms with Crippen LogP contribution in [0.4, 0.5) is 0 Å². The Bertz CT molecular complexity index is 127. The van der Waals surface area contributed by atoms with Gasteiger partial charge in [-0.05, 0) is 26.2 Å². The molecule has 1 rings (SSSR count). The van der Waals surface area contributed by atoms with Crippen molar-refractivity contribution < 1.29 is 4.12 Å². The van der Waals surface area contributed by atoms with Gasteiger partial charge in [-0.3, -0.25) is 0 Å². The molecule has 0 atom stereocenters. The van der Waals surface area contributed by atoms with E-state index in [4.69, 9.17) is 4.12 Å². The maximum absolute atomic E-state index is 6.08. The van der Waals surface area contributed by atoms with E-state index in [0.717, 1.165) is 12.3 Å². The van der Waals surface area contributed by atoms with Crippen LogP contribution in [-0.4, -0.2) is 29.0 Å². The first-order valence-electron chi connectivity index (χ1n) is 3.82. The van der Waals surface area contributed by atoms with Gasteiger partial charge in [-0.1, -0.05) is 0 Å². The second kappa shape index (κ2) is 3.57. The molecule has 0 bridgehead atoms. The van der Waals surface area contributed by atoms with E-state index in [2.05, 4.69) is 31.5 Å². The van der Waals surface area contributed by atoms with Gasteiger partial charge >= 0.3 is 0 Å². The van der Waals surface area contributed by atoms with E-state index in [0.29, 0.717) is 0 Å². The Morgan fingerprint density at radius 2 is 1.36 bits per heavy atom. The number of hydrogen-bond donors (Lipinski definition) is 1. The standard InChI is InChI=1S/C6H17NOSi2.ClH/c1-9(2)5-7-6-10(3,4)8-9;/h7H,5-6H2,1-4H3;1H. The molecule has 0 aromatic heterocycles. The molecule has 1 aliphatic heterocycles. The van der Waals surface area contributed by atoms with Crippen molar-refractivity contribution in [2.45, 2.75) is 26.2 Å². The van der Waals surface area contributed by atoms with E-state index in [9.17, 15) is 0 Å². The summed E-state index contributed by atoms with van der Waals surface area (Å²) in [5, 5.41) is 3.46. The molecule has 0 aromatic carbocycles. The third-order valence-electron chi connectivity index (χ3n) is 1.65. The van der Waals surface area contributed by atoms with E-state index in [1.54, 1.807) is 0 Å². The number of hydrogen-bond acceptors (Lipinski definition) is 2. The van der Waals surface area contributed by atoms with E-state index >= 15 is 0 Å². The van der Waals surface area contributed by atoms with Crippen molar-refractivity contribution in [3.63, 3.8) is 0 Å². The number of nitrogens with one attached hydrogen (secondary N) is 1. The molecule has 1 N–H and O–H groups in total.